The SMILES string of the molecule is CCN1CCCC1CN(C)CC(=O)C1CCOC1. The van der Waals surface area contributed by atoms with Gasteiger partial charge in [0, 0.05) is 25.1 Å². The van der Waals surface area contributed by atoms with Gasteiger partial charge in [-0.05, 0) is 39.4 Å². The Hall–Kier alpha value is -0.450. The first-order valence-corrected chi connectivity index (χ1v) is 7.23. The predicted octanol–water partition coefficient (Wildman–Crippen LogP) is 1.01. The van der Waals surface area contributed by atoms with E-state index in [2.05, 4.69) is 23.8 Å². The second-order valence-corrected chi connectivity index (χ2v) is 5.65. The Balaban J connectivity index is 1.74. The highest BCUT2D eigenvalue weighted by molar-refractivity contribution is 5.83. The van der Waals surface area contributed by atoms with Gasteiger partial charge < -0.3 is 4.74 Å². The summed E-state index contributed by atoms with van der Waals surface area (Å²) in [5.74, 6) is 0.509. The molecule has 104 valence electrons. The lowest BCUT2D eigenvalue weighted by Crippen LogP contribution is -2.41. The highest BCUT2D eigenvalue weighted by Crippen LogP contribution is 2.18. The number of carbonyl (C=O) groups excluding carboxylic acids is 1. The largest absolute Gasteiger partial charge is 0.381 e. The van der Waals surface area contributed by atoms with Crippen LogP contribution in [0.5, 0.6) is 0 Å². The molecule has 0 bridgehead atoms. The van der Waals surface area contributed by atoms with Gasteiger partial charge in [-0.2, -0.15) is 0 Å². The molecule has 2 saturated heterocycles. The molecule has 4 heteroatoms. The summed E-state index contributed by atoms with van der Waals surface area (Å²) < 4.78 is 5.28. The maximum absolute atomic E-state index is 12.0. The fourth-order valence-corrected chi connectivity index (χ4v) is 3.13. The van der Waals surface area contributed by atoms with Crippen molar-refractivity contribution in [1.29, 1.82) is 0 Å². The van der Waals surface area contributed by atoms with Gasteiger partial charge in [0.2, 0.25) is 0 Å². The average molecular weight is 254 g/mol. The molecule has 0 saturated carbocycles. The standard InChI is InChI=1S/C14H26N2O2/c1-3-16-7-4-5-13(16)9-15(2)10-14(17)12-6-8-18-11-12/h12-13H,3-11H2,1-2H3. The van der Waals surface area contributed by atoms with Crippen molar-refractivity contribution in [2.75, 3.05) is 46.4 Å². The van der Waals surface area contributed by atoms with Gasteiger partial charge in [0.15, 0.2) is 5.78 Å². The minimum Gasteiger partial charge on any atom is -0.381 e. The lowest BCUT2D eigenvalue weighted by molar-refractivity contribution is -0.123. The van der Waals surface area contributed by atoms with Crippen LogP contribution in [0.2, 0.25) is 0 Å². The van der Waals surface area contributed by atoms with Gasteiger partial charge in [0.05, 0.1) is 13.2 Å². The molecule has 0 amide bonds. The molecule has 2 aliphatic rings. The van der Waals surface area contributed by atoms with Crippen LogP contribution in [0.4, 0.5) is 0 Å². The number of nitrogens with zero attached hydrogens (tertiary/aromatic N) is 2. The van der Waals surface area contributed by atoms with Crippen LogP contribution in [0.25, 0.3) is 0 Å². The Bertz CT molecular complexity index is 277. The smallest absolute Gasteiger partial charge is 0.152 e. The van der Waals surface area contributed by atoms with Crippen molar-refractivity contribution in [3.8, 4) is 0 Å². The molecular weight excluding hydrogens is 228 g/mol. The fraction of sp³-hybridized carbons (Fsp3) is 0.929. The van der Waals surface area contributed by atoms with E-state index in [9.17, 15) is 4.79 Å². The molecule has 0 spiro atoms. The summed E-state index contributed by atoms with van der Waals surface area (Å²) in [7, 11) is 2.07. The Morgan fingerprint density at radius 2 is 2.28 bits per heavy atom. The Morgan fingerprint density at radius 1 is 1.44 bits per heavy atom. The maximum Gasteiger partial charge on any atom is 0.152 e. The van der Waals surface area contributed by atoms with Crippen LogP contribution in [0.15, 0.2) is 0 Å². The average Bonchev–Trinajstić information content (AvgIpc) is 2.98. The number of carbonyl (C=O) groups is 1. The molecule has 0 N–H and O–H groups in total. The third-order valence-corrected chi connectivity index (χ3v) is 4.24. The molecule has 2 aliphatic heterocycles. The second-order valence-electron chi connectivity index (χ2n) is 5.65. The van der Waals surface area contributed by atoms with Crippen molar-refractivity contribution >= 4 is 5.78 Å². The molecule has 0 radical (unpaired) electrons. The van der Waals surface area contributed by atoms with E-state index in [1.807, 2.05) is 0 Å². The van der Waals surface area contributed by atoms with E-state index in [1.54, 1.807) is 0 Å². The number of ketones is 1. The molecule has 2 heterocycles. The molecule has 0 aliphatic carbocycles. The van der Waals surface area contributed by atoms with Crippen molar-refractivity contribution in [3.05, 3.63) is 0 Å². The van der Waals surface area contributed by atoms with Crippen molar-refractivity contribution < 1.29 is 9.53 Å². The van der Waals surface area contributed by atoms with Crippen molar-refractivity contribution in [2.24, 2.45) is 5.92 Å². The number of hydrogen-bond donors (Lipinski definition) is 0. The molecule has 2 unspecified atom stereocenters. The van der Waals surface area contributed by atoms with E-state index in [0.29, 0.717) is 25.0 Å². The summed E-state index contributed by atoms with van der Waals surface area (Å²) in [5.41, 5.74) is 0. The zero-order valence-electron chi connectivity index (χ0n) is 11.7. The number of likely N-dealkylation sites (N-methyl/N-ethyl adjacent to an activating group) is 2. The molecule has 0 aromatic rings. The summed E-state index contributed by atoms with van der Waals surface area (Å²) >= 11 is 0. The third-order valence-electron chi connectivity index (χ3n) is 4.24. The lowest BCUT2D eigenvalue weighted by atomic mass is 10.0. The van der Waals surface area contributed by atoms with Crippen molar-refractivity contribution in [1.82, 2.24) is 9.80 Å². The van der Waals surface area contributed by atoms with Gasteiger partial charge in [0.25, 0.3) is 0 Å². The van der Waals surface area contributed by atoms with Gasteiger partial charge in [-0.25, -0.2) is 0 Å². The van der Waals surface area contributed by atoms with Crippen LogP contribution in [-0.2, 0) is 9.53 Å². The fourth-order valence-electron chi connectivity index (χ4n) is 3.13. The highest BCUT2D eigenvalue weighted by atomic mass is 16.5. The molecule has 0 aromatic carbocycles. The zero-order chi connectivity index (χ0) is 13.0. The van der Waals surface area contributed by atoms with Gasteiger partial charge in [-0.1, -0.05) is 6.92 Å². The maximum atomic E-state index is 12.0. The zero-order valence-corrected chi connectivity index (χ0v) is 11.7. The third kappa shape index (κ3) is 3.53. The Morgan fingerprint density at radius 3 is 2.94 bits per heavy atom. The summed E-state index contributed by atoms with van der Waals surface area (Å²) in [6, 6.07) is 0.646. The van der Waals surface area contributed by atoms with E-state index in [0.717, 1.165) is 26.1 Å². The number of likely N-dealkylation sites (tertiary alicyclic amines) is 1. The number of hydrogen-bond acceptors (Lipinski definition) is 4. The molecule has 4 nitrogen and oxygen atoms in total. The summed E-state index contributed by atoms with van der Waals surface area (Å²) in [4.78, 5) is 16.8. The monoisotopic (exact) mass is 254 g/mol. The Labute approximate surface area is 110 Å². The van der Waals surface area contributed by atoms with E-state index < -0.39 is 0 Å². The molecule has 2 fully saturated rings. The minimum absolute atomic E-state index is 0.151. The molecule has 18 heavy (non-hydrogen) atoms. The van der Waals surface area contributed by atoms with Crippen LogP contribution in [0.1, 0.15) is 26.2 Å². The molecule has 0 aromatic heterocycles. The van der Waals surface area contributed by atoms with Crippen LogP contribution < -0.4 is 0 Å². The first kappa shape index (κ1) is 14.0. The topological polar surface area (TPSA) is 32.8 Å². The number of rotatable bonds is 6. The normalized spacial score (nSPS) is 29.3. The Kier molecular flexibility index (Phi) is 5.15. The minimum atomic E-state index is 0.151. The first-order chi connectivity index (χ1) is 8.70. The van der Waals surface area contributed by atoms with E-state index in [4.69, 9.17) is 4.74 Å². The van der Waals surface area contributed by atoms with Gasteiger partial charge in [-0.3, -0.25) is 14.6 Å². The summed E-state index contributed by atoms with van der Waals surface area (Å²) in [5, 5.41) is 0. The molecular formula is C14H26N2O2. The van der Waals surface area contributed by atoms with Crippen molar-refractivity contribution in [3.63, 3.8) is 0 Å². The predicted molar refractivity (Wildman–Crippen MR) is 71.7 cm³/mol. The summed E-state index contributed by atoms with van der Waals surface area (Å²) in [6.45, 7) is 7.57. The summed E-state index contributed by atoms with van der Waals surface area (Å²) in [6.07, 6.45) is 3.49. The van der Waals surface area contributed by atoms with Crippen LogP contribution in [0, 0.1) is 5.92 Å². The van der Waals surface area contributed by atoms with Crippen LogP contribution in [-0.4, -0.2) is 68.1 Å². The number of Topliss-reactive ketones (excluding diaryl/α,β-unsaturated/α-hetero) is 1. The molecule has 2 rings (SSSR count). The van der Waals surface area contributed by atoms with Crippen LogP contribution in [0.3, 0.4) is 0 Å². The van der Waals surface area contributed by atoms with Gasteiger partial charge in [-0.15, -0.1) is 0 Å². The first-order valence-electron chi connectivity index (χ1n) is 7.23. The van der Waals surface area contributed by atoms with Gasteiger partial charge >= 0.3 is 0 Å². The highest BCUT2D eigenvalue weighted by Gasteiger charge is 2.27. The lowest BCUT2D eigenvalue weighted by Gasteiger charge is -2.27. The van der Waals surface area contributed by atoms with E-state index in [-0.39, 0.29) is 5.92 Å². The van der Waals surface area contributed by atoms with Crippen LogP contribution >= 0.6 is 0 Å². The van der Waals surface area contributed by atoms with E-state index >= 15 is 0 Å². The molecule has 2 atom stereocenters. The quantitative estimate of drug-likeness (QED) is 0.708. The van der Waals surface area contributed by atoms with Gasteiger partial charge in [0.1, 0.15) is 0 Å². The van der Waals surface area contributed by atoms with E-state index in [1.165, 1.54) is 19.4 Å². The number of ether oxygens (including phenoxy) is 1. The van der Waals surface area contributed by atoms with Crippen molar-refractivity contribution in [2.45, 2.75) is 32.2 Å². The second kappa shape index (κ2) is 6.64.